The minimum Gasteiger partial charge on any atom is -0.388 e. The zero-order valence-corrected chi connectivity index (χ0v) is 12.6. The molecule has 0 radical (unpaired) electrons. The lowest BCUT2D eigenvalue weighted by Crippen LogP contribution is -2.24. The van der Waals surface area contributed by atoms with Gasteiger partial charge < -0.3 is 10.4 Å². The van der Waals surface area contributed by atoms with Gasteiger partial charge in [0, 0.05) is 14.7 Å². The van der Waals surface area contributed by atoms with Crippen molar-refractivity contribution >= 4 is 33.2 Å². The number of carbonyl (C=O) groups excluding carboxylic acids is 1. The fourth-order valence-electron chi connectivity index (χ4n) is 1.67. The highest BCUT2D eigenvalue weighted by atomic mass is 79.9. The Bertz CT molecular complexity index is 541. The Labute approximate surface area is 124 Å². The molecule has 0 saturated carbocycles. The van der Waals surface area contributed by atoms with E-state index in [1.54, 1.807) is 11.3 Å². The van der Waals surface area contributed by atoms with Crippen LogP contribution < -0.4 is 5.32 Å². The van der Waals surface area contributed by atoms with Crippen molar-refractivity contribution in [2.45, 2.75) is 19.1 Å². The summed E-state index contributed by atoms with van der Waals surface area (Å²) in [5, 5.41) is 14.7. The average molecular weight is 340 g/mol. The van der Waals surface area contributed by atoms with Gasteiger partial charge in [-0.25, -0.2) is 0 Å². The number of hydrogen-bond acceptors (Lipinski definition) is 3. The van der Waals surface area contributed by atoms with Gasteiger partial charge in [0.05, 0.1) is 19.1 Å². The van der Waals surface area contributed by atoms with Crippen molar-refractivity contribution in [3.8, 4) is 0 Å². The number of amides is 1. The average Bonchev–Trinajstić information content (AvgIpc) is 2.83. The van der Waals surface area contributed by atoms with Gasteiger partial charge in [0.1, 0.15) is 0 Å². The smallest absolute Gasteiger partial charge is 0.223 e. The number of aliphatic hydroxyl groups is 1. The summed E-state index contributed by atoms with van der Waals surface area (Å²) in [7, 11) is 0. The van der Waals surface area contributed by atoms with E-state index in [1.807, 2.05) is 41.8 Å². The summed E-state index contributed by atoms with van der Waals surface area (Å²) in [4.78, 5) is 12.8. The Kier molecular flexibility index (Phi) is 5.13. The van der Waals surface area contributed by atoms with E-state index in [4.69, 9.17) is 0 Å². The second-order valence-corrected chi connectivity index (χ2v) is 6.05. The highest BCUT2D eigenvalue weighted by molar-refractivity contribution is 9.10. The molecule has 1 heterocycles. The number of rotatable bonds is 5. The number of carbonyl (C=O) groups is 1. The molecule has 0 spiro atoms. The first-order valence-corrected chi connectivity index (χ1v) is 7.55. The van der Waals surface area contributed by atoms with Crippen LogP contribution in [0.1, 0.15) is 23.0 Å². The van der Waals surface area contributed by atoms with E-state index >= 15 is 0 Å². The molecule has 0 saturated heterocycles. The lowest BCUT2D eigenvalue weighted by Gasteiger charge is -2.10. The van der Waals surface area contributed by atoms with Crippen molar-refractivity contribution in [1.82, 2.24) is 5.32 Å². The van der Waals surface area contributed by atoms with Gasteiger partial charge in [-0.2, -0.15) is 0 Å². The number of halogens is 1. The molecule has 1 unspecified atom stereocenters. The summed E-state index contributed by atoms with van der Waals surface area (Å²) in [5.41, 5.74) is 0.761. The van der Waals surface area contributed by atoms with Crippen molar-refractivity contribution in [1.29, 1.82) is 0 Å². The van der Waals surface area contributed by atoms with Gasteiger partial charge in [0.15, 0.2) is 0 Å². The first kappa shape index (κ1) is 14.2. The maximum atomic E-state index is 11.7. The van der Waals surface area contributed by atoms with Crippen LogP contribution in [0, 0.1) is 0 Å². The lowest BCUT2D eigenvalue weighted by molar-refractivity contribution is -0.123. The molecule has 0 aliphatic carbocycles. The number of nitrogens with one attached hydrogen (secondary N) is 1. The predicted molar refractivity (Wildman–Crippen MR) is 79.9 cm³/mol. The zero-order valence-electron chi connectivity index (χ0n) is 10.2. The third-order valence-corrected chi connectivity index (χ3v) is 4.34. The van der Waals surface area contributed by atoms with Crippen molar-refractivity contribution in [3.63, 3.8) is 0 Å². The molecule has 1 amide bonds. The molecule has 19 heavy (non-hydrogen) atoms. The number of benzene rings is 1. The molecule has 1 atom stereocenters. The van der Waals surface area contributed by atoms with Gasteiger partial charge in [-0.15, -0.1) is 11.3 Å². The molecule has 5 heteroatoms. The van der Waals surface area contributed by atoms with Gasteiger partial charge in [-0.1, -0.05) is 30.3 Å². The maximum absolute atomic E-state index is 11.7. The number of aliphatic hydroxyl groups excluding tert-OH is 1. The van der Waals surface area contributed by atoms with E-state index in [0.717, 1.165) is 14.9 Å². The summed E-state index contributed by atoms with van der Waals surface area (Å²) in [5.74, 6) is -0.152. The van der Waals surface area contributed by atoms with Crippen LogP contribution in [-0.2, 0) is 11.3 Å². The number of hydrogen-bond donors (Lipinski definition) is 2. The first-order valence-electron chi connectivity index (χ1n) is 5.88. The largest absolute Gasteiger partial charge is 0.388 e. The molecule has 2 rings (SSSR count). The van der Waals surface area contributed by atoms with Crippen LogP contribution in [0.15, 0.2) is 46.3 Å². The molecule has 0 aliphatic rings. The molecule has 0 aliphatic heterocycles. The summed E-state index contributed by atoms with van der Waals surface area (Å²) < 4.78 is 1.02. The fraction of sp³-hybridized carbons (Fsp3) is 0.214. The van der Waals surface area contributed by atoms with Crippen LogP contribution in [-0.4, -0.2) is 11.0 Å². The Morgan fingerprint density at radius 3 is 2.74 bits per heavy atom. The summed E-state index contributed by atoms with van der Waals surface area (Å²) in [6.07, 6.45) is -0.674. The van der Waals surface area contributed by atoms with Crippen LogP contribution in [0.5, 0.6) is 0 Å². The fourth-order valence-corrected chi connectivity index (χ4v) is 3.06. The molecular weight excluding hydrogens is 326 g/mol. The third-order valence-electron chi connectivity index (χ3n) is 2.64. The quantitative estimate of drug-likeness (QED) is 0.878. The number of thiophene rings is 1. The van der Waals surface area contributed by atoms with E-state index in [1.165, 1.54) is 0 Å². The molecule has 1 aromatic heterocycles. The molecule has 0 bridgehead atoms. The molecule has 3 nitrogen and oxygen atoms in total. The van der Waals surface area contributed by atoms with Crippen LogP contribution in [0.2, 0.25) is 0 Å². The van der Waals surface area contributed by atoms with E-state index < -0.39 is 6.10 Å². The predicted octanol–water partition coefficient (Wildman–Crippen LogP) is 3.25. The SMILES string of the molecule is O=C(CC(O)c1ccccc1)NCc1cc(Br)cs1. The van der Waals surface area contributed by atoms with E-state index in [9.17, 15) is 9.90 Å². The summed E-state index contributed by atoms with van der Waals surface area (Å²) >= 11 is 4.95. The van der Waals surface area contributed by atoms with E-state index in [-0.39, 0.29) is 12.3 Å². The molecule has 0 fully saturated rings. The van der Waals surface area contributed by atoms with Gasteiger partial charge in [0.2, 0.25) is 5.91 Å². The van der Waals surface area contributed by atoms with Crippen LogP contribution in [0.4, 0.5) is 0 Å². The van der Waals surface area contributed by atoms with E-state index in [2.05, 4.69) is 21.2 Å². The van der Waals surface area contributed by atoms with Crippen molar-refractivity contribution in [3.05, 3.63) is 56.7 Å². The Morgan fingerprint density at radius 2 is 2.11 bits per heavy atom. The van der Waals surface area contributed by atoms with Crippen molar-refractivity contribution < 1.29 is 9.90 Å². The highest BCUT2D eigenvalue weighted by Gasteiger charge is 2.12. The molecule has 2 N–H and O–H groups in total. The van der Waals surface area contributed by atoms with Crippen LogP contribution in [0.3, 0.4) is 0 Å². The third kappa shape index (κ3) is 4.45. The Balaban J connectivity index is 1.81. The van der Waals surface area contributed by atoms with Gasteiger partial charge in [-0.3, -0.25) is 4.79 Å². The Morgan fingerprint density at radius 1 is 1.37 bits per heavy atom. The second kappa shape index (κ2) is 6.84. The topological polar surface area (TPSA) is 49.3 Å². The van der Waals surface area contributed by atoms with Crippen molar-refractivity contribution in [2.75, 3.05) is 0 Å². The highest BCUT2D eigenvalue weighted by Crippen LogP contribution is 2.20. The van der Waals surface area contributed by atoms with E-state index in [0.29, 0.717) is 6.54 Å². The van der Waals surface area contributed by atoms with Gasteiger partial charge >= 0.3 is 0 Å². The molecule has 100 valence electrons. The molecular formula is C14H14BrNO2S. The molecule has 2 aromatic rings. The van der Waals surface area contributed by atoms with Gasteiger partial charge in [0.25, 0.3) is 0 Å². The first-order chi connectivity index (χ1) is 9.15. The summed E-state index contributed by atoms with van der Waals surface area (Å²) in [6, 6.07) is 11.2. The van der Waals surface area contributed by atoms with Crippen molar-refractivity contribution in [2.24, 2.45) is 0 Å². The normalized spacial score (nSPS) is 12.1. The second-order valence-electron chi connectivity index (χ2n) is 4.14. The van der Waals surface area contributed by atoms with Crippen LogP contribution >= 0.6 is 27.3 Å². The zero-order chi connectivity index (χ0) is 13.7. The minimum absolute atomic E-state index is 0.0799. The standard InChI is InChI=1S/C14H14BrNO2S/c15-11-6-12(19-9-11)8-16-14(18)7-13(17)10-4-2-1-3-5-10/h1-6,9,13,17H,7-8H2,(H,16,18). The maximum Gasteiger partial charge on any atom is 0.223 e. The monoisotopic (exact) mass is 339 g/mol. The Hall–Kier alpha value is -1.17. The van der Waals surface area contributed by atoms with Gasteiger partial charge in [-0.05, 0) is 27.6 Å². The van der Waals surface area contributed by atoms with Crippen LogP contribution in [0.25, 0.3) is 0 Å². The summed E-state index contributed by atoms with van der Waals surface area (Å²) in [6.45, 7) is 0.497. The molecule has 1 aromatic carbocycles. The lowest BCUT2D eigenvalue weighted by atomic mass is 10.1. The minimum atomic E-state index is -0.753.